The molecule has 204 valence electrons. The van der Waals surface area contributed by atoms with Crippen LogP contribution in [0.5, 0.6) is 5.75 Å². The molecule has 2 N–H and O–H groups in total. The van der Waals surface area contributed by atoms with Crippen molar-refractivity contribution in [3.05, 3.63) is 36.7 Å². The molecule has 2 saturated heterocycles. The van der Waals surface area contributed by atoms with Gasteiger partial charge in [0.15, 0.2) is 0 Å². The average Bonchev–Trinajstić information content (AvgIpc) is 2.88. The Morgan fingerprint density at radius 3 is 2.63 bits per heavy atom. The number of anilines is 4. The fourth-order valence-corrected chi connectivity index (χ4v) is 6.35. The minimum absolute atomic E-state index is 0.147. The first-order valence-corrected chi connectivity index (χ1v) is 15.1. The third kappa shape index (κ3) is 5.63. The molecule has 0 spiro atoms. The molecule has 11 heteroatoms. The molecule has 0 saturated carbocycles. The van der Waals surface area contributed by atoms with Crippen molar-refractivity contribution in [1.82, 2.24) is 15.0 Å². The van der Waals surface area contributed by atoms with E-state index < -0.39 is 9.84 Å². The Labute approximate surface area is 224 Å². The summed E-state index contributed by atoms with van der Waals surface area (Å²) in [6.45, 7) is 9.07. The number of nitrogens with zero attached hydrogens (tertiary/aromatic N) is 5. The lowest BCUT2D eigenvalue weighted by Gasteiger charge is -2.41. The number of aliphatic hydroxyl groups excluding tert-OH is 1. The van der Waals surface area contributed by atoms with Gasteiger partial charge >= 0.3 is 0 Å². The number of fused-ring (bicyclic) bond motifs is 1. The Kier molecular flexibility index (Phi) is 7.58. The third-order valence-corrected chi connectivity index (χ3v) is 9.27. The monoisotopic (exact) mass is 540 g/mol. The molecule has 10 nitrogen and oxygen atoms in total. The van der Waals surface area contributed by atoms with E-state index in [2.05, 4.69) is 25.1 Å². The van der Waals surface area contributed by atoms with Gasteiger partial charge in [-0.25, -0.2) is 18.4 Å². The molecule has 2 fully saturated rings. The molecule has 38 heavy (non-hydrogen) atoms. The molecule has 0 bridgehead atoms. The largest absolute Gasteiger partial charge is 0.493 e. The molecule has 4 heterocycles. The predicted octanol–water partition coefficient (Wildman–Crippen LogP) is 3.25. The molecule has 5 rings (SSSR count). The zero-order chi connectivity index (χ0) is 26.9. The lowest BCUT2D eigenvalue weighted by molar-refractivity contribution is 0.0966. The maximum absolute atomic E-state index is 12.0. The second-order valence-electron chi connectivity index (χ2n) is 10.2. The summed E-state index contributed by atoms with van der Waals surface area (Å²) < 4.78 is 30.0. The van der Waals surface area contributed by atoms with Gasteiger partial charge in [-0.2, -0.15) is 4.98 Å². The smallest absolute Gasteiger partial charge is 0.227 e. The normalized spacial score (nSPS) is 20.4. The first kappa shape index (κ1) is 26.4. The fraction of sp³-hybridized carbons (Fsp3) is 0.519. The van der Waals surface area contributed by atoms with Gasteiger partial charge in [-0.3, -0.25) is 0 Å². The van der Waals surface area contributed by atoms with E-state index in [9.17, 15) is 13.5 Å². The van der Waals surface area contributed by atoms with Gasteiger partial charge in [0.2, 0.25) is 5.95 Å². The summed E-state index contributed by atoms with van der Waals surface area (Å²) in [5.74, 6) is 3.40. The van der Waals surface area contributed by atoms with Gasteiger partial charge in [-0.15, -0.1) is 0 Å². The summed E-state index contributed by atoms with van der Waals surface area (Å²) in [7, 11) is -2.98. The minimum Gasteiger partial charge on any atom is -0.493 e. The molecule has 1 aromatic carbocycles. The maximum atomic E-state index is 12.0. The number of aromatic nitrogens is 3. The van der Waals surface area contributed by atoms with Crippen LogP contribution in [0.3, 0.4) is 0 Å². The van der Waals surface area contributed by atoms with Gasteiger partial charge < -0.3 is 25.0 Å². The summed E-state index contributed by atoms with van der Waals surface area (Å²) in [5, 5.41) is 15.3. The molecule has 3 aromatic rings. The number of rotatable bonds is 9. The first-order chi connectivity index (χ1) is 18.3. The van der Waals surface area contributed by atoms with Crippen LogP contribution < -0.4 is 19.9 Å². The number of ether oxygens (including phenoxy) is 1. The van der Waals surface area contributed by atoms with Crippen LogP contribution >= 0.6 is 0 Å². The zero-order valence-electron chi connectivity index (χ0n) is 22.2. The summed E-state index contributed by atoms with van der Waals surface area (Å²) in [5.41, 5.74) is 1.03. The van der Waals surface area contributed by atoms with Crippen molar-refractivity contribution in [2.24, 2.45) is 11.8 Å². The summed E-state index contributed by atoms with van der Waals surface area (Å²) >= 11 is 0. The summed E-state index contributed by atoms with van der Waals surface area (Å²) in [4.78, 5) is 18.1. The van der Waals surface area contributed by atoms with E-state index >= 15 is 0 Å². The van der Waals surface area contributed by atoms with Crippen LogP contribution in [0.1, 0.15) is 27.2 Å². The highest BCUT2D eigenvalue weighted by molar-refractivity contribution is 7.91. The van der Waals surface area contributed by atoms with Crippen molar-refractivity contribution in [1.29, 1.82) is 0 Å². The molecule has 2 aliphatic heterocycles. The van der Waals surface area contributed by atoms with E-state index in [1.807, 2.05) is 44.3 Å². The molecule has 0 amide bonds. The van der Waals surface area contributed by atoms with Gasteiger partial charge in [0, 0.05) is 66.7 Å². The quantitative estimate of drug-likeness (QED) is 0.418. The van der Waals surface area contributed by atoms with Crippen LogP contribution in [0.15, 0.2) is 36.7 Å². The minimum atomic E-state index is -2.98. The molecular formula is C27H36N6O4S. The highest BCUT2D eigenvalue weighted by Gasteiger charge is 2.32. The molecule has 1 unspecified atom stereocenters. The van der Waals surface area contributed by atoms with Crippen molar-refractivity contribution in [2.45, 2.75) is 33.3 Å². The Hall–Kier alpha value is -3.18. The maximum Gasteiger partial charge on any atom is 0.227 e. The van der Waals surface area contributed by atoms with Crippen molar-refractivity contribution in [3.63, 3.8) is 0 Å². The van der Waals surface area contributed by atoms with Crippen LogP contribution in [0.2, 0.25) is 0 Å². The van der Waals surface area contributed by atoms with E-state index in [0.717, 1.165) is 22.2 Å². The van der Waals surface area contributed by atoms with E-state index in [0.29, 0.717) is 56.8 Å². The lowest BCUT2D eigenvalue weighted by atomic mass is 9.97. The number of hydrogen-bond donors (Lipinski definition) is 2. The number of hydrogen-bond acceptors (Lipinski definition) is 10. The average molecular weight is 541 g/mol. The topological polar surface area (TPSA) is 121 Å². The highest BCUT2D eigenvalue weighted by atomic mass is 32.2. The molecule has 2 aliphatic rings. The van der Waals surface area contributed by atoms with Crippen LogP contribution in [-0.2, 0) is 9.84 Å². The number of aliphatic hydroxyl groups is 1. The van der Waals surface area contributed by atoms with Gasteiger partial charge in [0.1, 0.15) is 27.2 Å². The number of sulfone groups is 1. The first-order valence-electron chi connectivity index (χ1n) is 13.3. The summed E-state index contributed by atoms with van der Waals surface area (Å²) in [6.07, 6.45) is 3.97. The van der Waals surface area contributed by atoms with Crippen molar-refractivity contribution < 1.29 is 18.3 Å². The van der Waals surface area contributed by atoms with E-state index in [-0.39, 0.29) is 29.4 Å². The van der Waals surface area contributed by atoms with Crippen molar-refractivity contribution in [3.8, 4) is 5.75 Å². The highest BCUT2D eigenvalue weighted by Crippen LogP contribution is 2.38. The van der Waals surface area contributed by atoms with Crippen LogP contribution in [0.4, 0.5) is 23.3 Å². The van der Waals surface area contributed by atoms with Crippen molar-refractivity contribution in [2.75, 3.05) is 59.4 Å². The Balaban J connectivity index is 1.37. The second kappa shape index (κ2) is 10.9. The second-order valence-corrected chi connectivity index (χ2v) is 12.6. The van der Waals surface area contributed by atoms with Gasteiger partial charge in [0.25, 0.3) is 0 Å². The SMILES string of the molecule is CCOc1ccc(N2CC(CS(=O)(=O)CC)C2)c2cnc(Nc3ccnc(N4CC[C@@H](O)C(C)C4)n3)cc12. The van der Waals surface area contributed by atoms with Gasteiger partial charge in [-0.05, 0) is 43.5 Å². The van der Waals surface area contributed by atoms with Gasteiger partial charge in [-0.1, -0.05) is 13.8 Å². The van der Waals surface area contributed by atoms with E-state index in [4.69, 9.17) is 9.72 Å². The lowest BCUT2D eigenvalue weighted by Crippen LogP contribution is -2.49. The Morgan fingerprint density at radius 2 is 1.89 bits per heavy atom. The molecule has 0 radical (unpaired) electrons. The Bertz CT molecular complexity index is 1400. The fourth-order valence-electron chi connectivity index (χ4n) is 5.19. The van der Waals surface area contributed by atoms with E-state index in [1.54, 1.807) is 13.1 Å². The summed E-state index contributed by atoms with van der Waals surface area (Å²) in [6, 6.07) is 7.77. The molecular weight excluding hydrogens is 504 g/mol. The van der Waals surface area contributed by atoms with Crippen molar-refractivity contribution >= 4 is 43.9 Å². The molecule has 0 aliphatic carbocycles. The van der Waals surface area contributed by atoms with Gasteiger partial charge in [0.05, 0.1) is 18.5 Å². The number of piperidine rings is 1. The van der Waals surface area contributed by atoms with Crippen LogP contribution in [0, 0.1) is 11.8 Å². The van der Waals surface area contributed by atoms with Crippen LogP contribution in [-0.4, -0.2) is 78.9 Å². The number of nitrogens with one attached hydrogen (secondary N) is 1. The number of benzene rings is 1. The third-order valence-electron chi connectivity index (χ3n) is 7.41. The molecule has 2 atom stereocenters. The zero-order valence-corrected chi connectivity index (χ0v) is 23.0. The van der Waals surface area contributed by atoms with E-state index in [1.165, 1.54) is 0 Å². The molecule has 2 aromatic heterocycles. The predicted molar refractivity (Wildman–Crippen MR) is 150 cm³/mol. The van der Waals surface area contributed by atoms with Crippen LogP contribution in [0.25, 0.3) is 10.8 Å². The standard InChI is InChI=1S/C27H36N6O4S/c1-4-37-24-7-6-22(33-15-19(16-33)17-38(35,36)5-2)21-13-29-26(12-20(21)24)30-25-8-10-28-27(31-25)32-11-9-23(34)18(3)14-32/h6-8,10,12-13,18-19,23,34H,4-5,9,11,14-17H2,1-3H3,(H,28,29,30,31)/t18?,23-/m1/s1. The Morgan fingerprint density at radius 1 is 1.08 bits per heavy atom. The number of pyridine rings is 1.